The third-order valence-electron chi connectivity index (χ3n) is 4.55. The first-order chi connectivity index (χ1) is 14.1. The molecule has 0 atom stereocenters. The first kappa shape index (κ1) is 20.3. The lowest BCUT2D eigenvalue weighted by atomic mass is 10.1. The maximum absolute atomic E-state index is 12.7. The molecule has 0 spiro atoms. The van der Waals surface area contributed by atoms with Crippen LogP contribution >= 0.6 is 0 Å². The monoisotopic (exact) mass is 396 g/mol. The van der Waals surface area contributed by atoms with Crippen molar-refractivity contribution in [3.8, 4) is 28.6 Å². The number of nitrogens with zero attached hydrogens (tertiary/aromatic N) is 2. The van der Waals surface area contributed by atoms with E-state index in [9.17, 15) is 4.79 Å². The van der Waals surface area contributed by atoms with Crippen molar-refractivity contribution in [1.29, 1.82) is 0 Å². The van der Waals surface area contributed by atoms with Gasteiger partial charge >= 0.3 is 0 Å². The quantitative estimate of drug-likeness (QED) is 0.572. The summed E-state index contributed by atoms with van der Waals surface area (Å²) in [4.78, 5) is 14.4. The van der Waals surface area contributed by atoms with E-state index in [0.29, 0.717) is 47.4 Å². The molecular formula is C22H24N2O5. The normalized spacial score (nSPS) is 10.5. The highest BCUT2D eigenvalue weighted by Gasteiger charge is 2.19. The third-order valence-corrected chi connectivity index (χ3v) is 4.55. The van der Waals surface area contributed by atoms with Crippen LogP contribution in [0.25, 0.3) is 11.3 Å². The van der Waals surface area contributed by atoms with Gasteiger partial charge in [-0.1, -0.05) is 23.4 Å². The molecule has 0 saturated heterocycles. The minimum absolute atomic E-state index is 0.0505. The summed E-state index contributed by atoms with van der Waals surface area (Å²) in [6.45, 7) is 2.83. The average molecular weight is 396 g/mol. The largest absolute Gasteiger partial charge is 0.493 e. The Labute approximate surface area is 169 Å². The summed E-state index contributed by atoms with van der Waals surface area (Å²) in [5.41, 5.74) is 2.03. The molecule has 0 bridgehead atoms. The Hall–Kier alpha value is -3.48. The van der Waals surface area contributed by atoms with E-state index in [1.54, 1.807) is 50.5 Å². The molecule has 7 nitrogen and oxygen atoms in total. The van der Waals surface area contributed by atoms with Crippen LogP contribution in [-0.2, 0) is 6.54 Å². The summed E-state index contributed by atoms with van der Waals surface area (Å²) < 4.78 is 21.6. The van der Waals surface area contributed by atoms with Crippen LogP contribution in [0.15, 0.2) is 53.1 Å². The molecule has 0 radical (unpaired) electrons. The highest BCUT2D eigenvalue weighted by molar-refractivity contribution is 5.94. The van der Waals surface area contributed by atoms with Crippen molar-refractivity contribution in [2.45, 2.75) is 13.5 Å². The van der Waals surface area contributed by atoms with Crippen molar-refractivity contribution in [3.63, 3.8) is 0 Å². The van der Waals surface area contributed by atoms with E-state index in [2.05, 4.69) is 5.16 Å². The van der Waals surface area contributed by atoms with Crippen molar-refractivity contribution < 1.29 is 23.5 Å². The average Bonchev–Trinajstić information content (AvgIpc) is 3.25. The molecule has 7 heteroatoms. The zero-order chi connectivity index (χ0) is 20.8. The van der Waals surface area contributed by atoms with Crippen LogP contribution in [0.3, 0.4) is 0 Å². The van der Waals surface area contributed by atoms with E-state index in [4.69, 9.17) is 18.7 Å². The SMILES string of the molecule is CCN(Cc1cc(-c2cc(OC)c(OC)c(OC)c2)on1)C(=O)c1ccccc1. The molecular weight excluding hydrogens is 372 g/mol. The van der Waals surface area contributed by atoms with Gasteiger partial charge in [-0.2, -0.15) is 0 Å². The fourth-order valence-corrected chi connectivity index (χ4v) is 3.03. The van der Waals surface area contributed by atoms with E-state index in [-0.39, 0.29) is 5.91 Å². The summed E-state index contributed by atoms with van der Waals surface area (Å²) in [7, 11) is 4.66. The summed E-state index contributed by atoms with van der Waals surface area (Å²) in [5.74, 6) is 2.04. The Kier molecular flexibility index (Phi) is 6.39. The van der Waals surface area contributed by atoms with Crippen LogP contribution in [0.4, 0.5) is 0 Å². The molecule has 1 aromatic heterocycles. The number of amides is 1. The molecule has 0 aliphatic heterocycles. The van der Waals surface area contributed by atoms with Crippen molar-refractivity contribution >= 4 is 5.91 Å². The highest BCUT2D eigenvalue weighted by atomic mass is 16.5. The second kappa shape index (κ2) is 9.14. The smallest absolute Gasteiger partial charge is 0.254 e. The standard InChI is InChI=1S/C22H24N2O5/c1-5-24(22(25)15-9-7-6-8-10-15)14-17-13-18(29-23-17)16-11-19(26-2)21(28-4)20(12-16)27-3/h6-13H,5,14H2,1-4H3. The maximum Gasteiger partial charge on any atom is 0.254 e. The molecule has 1 amide bonds. The maximum atomic E-state index is 12.7. The lowest BCUT2D eigenvalue weighted by Gasteiger charge is -2.19. The molecule has 0 saturated carbocycles. The van der Waals surface area contributed by atoms with Gasteiger partial charge < -0.3 is 23.6 Å². The molecule has 0 N–H and O–H groups in total. The van der Waals surface area contributed by atoms with Gasteiger partial charge in [0.1, 0.15) is 5.69 Å². The Morgan fingerprint density at radius 2 is 1.66 bits per heavy atom. The van der Waals surface area contributed by atoms with Gasteiger partial charge in [-0.15, -0.1) is 0 Å². The van der Waals surface area contributed by atoms with Gasteiger partial charge in [-0.25, -0.2) is 0 Å². The number of aromatic nitrogens is 1. The lowest BCUT2D eigenvalue weighted by Crippen LogP contribution is -2.30. The van der Waals surface area contributed by atoms with Crippen LogP contribution in [0.2, 0.25) is 0 Å². The summed E-state index contributed by atoms with van der Waals surface area (Å²) in [6.07, 6.45) is 0. The van der Waals surface area contributed by atoms with Crippen molar-refractivity contribution in [2.75, 3.05) is 27.9 Å². The van der Waals surface area contributed by atoms with E-state index in [1.165, 1.54) is 0 Å². The third kappa shape index (κ3) is 4.34. The number of methoxy groups -OCH3 is 3. The molecule has 0 unspecified atom stereocenters. The number of hydrogen-bond acceptors (Lipinski definition) is 6. The molecule has 0 aliphatic carbocycles. The number of carbonyl (C=O) groups excluding carboxylic acids is 1. The van der Waals surface area contributed by atoms with Gasteiger partial charge in [0.15, 0.2) is 17.3 Å². The number of ether oxygens (including phenoxy) is 3. The number of benzene rings is 2. The van der Waals surface area contributed by atoms with Crippen molar-refractivity contribution in [3.05, 3.63) is 59.8 Å². The summed E-state index contributed by atoms with van der Waals surface area (Å²) >= 11 is 0. The number of carbonyl (C=O) groups is 1. The number of hydrogen-bond donors (Lipinski definition) is 0. The highest BCUT2D eigenvalue weighted by Crippen LogP contribution is 2.41. The lowest BCUT2D eigenvalue weighted by molar-refractivity contribution is 0.0749. The summed E-state index contributed by atoms with van der Waals surface area (Å²) in [6, 6.07) is 14.6. The second-order valence-electron chi connectivity index (χ2n) is 6.28. The zero-order valence-corrected chi connectivity index (χ0v) is 17.0. The van der Waals surface area contributed by atoms with Gasteiger partial charge in [0, 0.05) is 23.7 Å². The Bertz CT molecular complexity index is 943. The topological polar surface area (TPSA) is 74.0 Å². The van der Waals surface area contributed by atoms with Crippen LogP contribution in [0, 0.1) is 0 Å². The van der Waals surface area contributed by atoms with Gasteiger partial charge in [0.05, 0.1) is 27.9 Å². The predicted octanol–water partition coefficient (Wildman–Crippen LogP) is 4.03. The van der Waals surface area contributed by atoms with Crippen molar-refractivity contribution in [1.82, 2.24) is 10.1 Å². The van der Waals surface area contributed by atoms with Crippen LogP contribution < -0.4 is 14.2 Å². The molecule has 1 heterocycles. The molecule has 0 fully saturated rings. The van der Waals surface area contributed by atoms with Gasteiger partial charge in [-0.05, 0) is 31.2 Å². The fraction of sp³-hybridized carbons (Fsp3) is 0.273. The Morgan fingerprint density at radius 1 is 1.00 bits per heavy atom. The number of rotatable bonds is 8. The summed E-state index contributed by atoms with van der Waals surface area (Å²) in [5, 5.41) is 4.13. The molecule has 3 rings (SSSR count). The Morgan fingerprint density at radius 3 is 2.21 bits per heavy atom. The molecule has 2 aromatic carbocycles. The zero-order valence-electron chi connectivity index (χ0n) is 17.0. The predicted molar refractivity (Wildman–Crippen MR) is 108 cm³/mol. The van der Waals surface area contributed by atoms with Gasteiger partial charge in [-0.3, -0.25) is 4.79 Å². The minimum Gasteiger partial charge on any atom is -0.493 e. The van der Waals surface area contributed by atoms with Crippen LogP contribution in [0.5, 0.6) is 17.2 Å². The molecule has 3 aromatic rings. The fourth-order valence-electron chi connectivity index (χ4n) is 3.03. The van der Waals surface area contributed by atoms with Gasteiger partial charge in [0.2, 0.25) is 5.75 Å². The van der Waals surface area contributed by atoms with Crippen LogP contribution in [0.1, 0.15) is 23.0 Å². The second-order valence-corrected chi connectivity index (χ2v) is 6.28. The van der Waals surface area contributed by atoms with E-state index in [1.807, 2.05) is 31.2 Å². The van der Waals surface area contributed by atoms with Crippen molar-refractivity contribution in [2.24, 2.45) is 0 Å². The Balaban J connectivity index is 1.84. The van der Waals surface area contributed by atoms with Crippen LogP contribution in [-0.4, -0.2) is 43.8 Å². The van der Waals surface area contributed by atoms with E-state index < -0.39 is 0 Å². The van der Waals surface area contributed by atoms with E-state index in [0.717, 1.165) is 5.56 Å². The molecule has 152 valence electrons. The molecule has 29 heavy (non-hydrogen) atoms. The first-order valence-corrected chi connectivity index (χ1v) is 9.21. The first-order valence-electron chi connectivity index (χ1n) is 9.21. The van der Waals surface area contributed by atoms with Gasteiger partial charge in [0.25, 0.3) is 5.91 Å². The van der Waals surface area contributed by atoms with E-state index >= 15 is 0 Å². The molecule has 0 aliphatic rings. The minimum atomic E-state index is -0.0505.